The smallest absolute Gasteiger partial charge is 0.153 e. The number of nitrogens with zero attached hydrogens (tertiary/aromatic N) is 3. The zero-order valence-corrected chi connectivity index (χ0v) is 13.3. The number of aryl methyl sites for hydroxylation is 3. The van der Waals surface area contributed by atoms with Crippen molar-refractivity contribution in [3.05, 3.63) is 45.2 Å². The summed E-state index contributed by atoms with van der Waals surface area (Å²) in [5, 5.41) is 11.7. The summed E-state index contributed by atoms with van der Waals surface area (Å²) in [4.78, 5) is 0. The molecule has 1 aromatic carbocycles. The van der Waals surface area contributed by atoms with E-state index in [0.29, 0.717) is 0 Å². The molecule has 19 heavy (non-hydrogen) atoms. The largest absolute Gasteiger partial charge is 0.305 e. The molecular formula is C14H19BrN4. The fourth-order valence-electron chi connectivity index (χ4n) is 2.27. The maximum Gasteiger partial charge on any atom is 0.153 e. The van der Waals surface area contributed by atoms with Crippen LogP contribution in [0.3, 0.4) is 0 Å². The third-order valence-corrected chi connectivity index (χ3v) is 3.82. The third-order valence-electron chi connectivity index (χ3n) is 3.25. The van der Waals surface area contributed by atoms with Gasteiger partial charge in [0.2, 0.25) is 0 Å². The quantitative estimate of drug-likeness (QED) is 0.941. The van der Waals surface area contributed by atoms with Crippen LogP contribution in [0, 0.1) is 13.8 Å². The van der Waals surface area contributed by atoms with Crippen molar-refractivity contribution in [1.29, 1.82) is 0 Å². The zero-order chi connectivity index (χ0) is 14.0. The standard InChI is InChI=1S/C14H19BrN4/c1-5-16-12(13-14(15)17-18-19(13)4)11-8-9(2)6-7-10(11)3/h6-8,12,16H,5H2,1-4H3. The lowest BCUT2D eigenvalue weighted by molar-refractivity contribution is 0.565. The first-order valence-corrected chi connectivity index (χ1v) is 7.19. The number of hydrogen-bond acceptors (Lipinski definition) is 3. The van der Waals surface area contributed by atoms with E-state index in [1.54, 1.807) is 0 Å². The predicted octanol–water partition coefficient (Wildman–Crippen LogP) is 2.89. The van der Waals surface area contributed by atoms with Crippen molar-refractivity contribution in [2.24, 2.45) is 7.05 Å². The van der Waals surface area contributed by atoms with Gasteiger partial charge in [-0.2, -0.15) is 0 Å². The van der Waals surface area contributed by atoms with E-state index in [2.05, 4.69) is 70.5 Å². The maximum absolute atomic E-state index is 4.09. The summed E-state index contributed by atoms with van der Waals surface area (Å²) in [6.45, 7) is 7.24. The number of halogens is 1. The molecule has 0 amide bonds. The zero-order valence-electron chi connectivity index (χ0n) is 11.7. The molecule has 0 aliphatic rings. The molecule has 0 spiro atoms. The first-order chi connectivity index (χ1) is 9.04. The molecule has 1 aromatic heterocycles. The van der Waals surface area contributed by atoms with E-state index in [4.69, 9.17) is 0 Å². The molecule has 0 aliphatic carbocycles. The Kier molecular flexibility index (Phi) is 4.37. The van der Waals surface area contributed by atoms with E-state index < -0.39 is 0 Å². The van der Waals surface area contributed by atoms with Crippen LogP contribution in [0.4, 0.5) is 0 Å². The van der Waals surface area contributed by atoms with Gasteiger partial charge in [0.1, 0.15) is 0 Å². The van der Waals surface area contributed by atoms with E-state index in [1.807, 2.05) is 11.7 Å². The van der Waals surface area contributed by atoms with E-state index >= 15 is 0 Å². The Morgan fingerprint density at radius 1 is 1.37 bits per heavy atom. The van der Waals surface area contributed by atoms with Gasteiger partial charge in [-0.25, -0.2) is 4.68 Å². The molecule has 1 heterocycles. The molecule has 2 rings (SSSR count). The Balaban J connectivity index is 2.54. The lowest BCUT2D eigenvalue weighted by Gasteiger charge is -2.21. The highest BCUT2D eigenvalue weighted by Gasteiger charge is 2.22. The van der Waals surface area contributed by atoms with Crippen LogP contribution in [0.25, 0.3) is 0 Å². The molecule has 102 valence electrons. The van der Waals surface area contributed by atoms with Crippen LogP contribution in [0.1, 0.15) is 35.3 Å². The summed E-state index contributed by atoms with van der Waals surface area (Å²) in [5.41, 5.74) is 4.85. The topological polar surface area (TPSA) is 42.7 Å². The fourth-order valence-corrected chi connectivity index (χ4v) is 2.83. The van der Waals surface area contributed by atoms with Crippen LogP contribution in [0.5, 0.6) is 0 Å². The van der Waals surface area contributed by atoms with E-state index in [9.17, 15) is 0 Å². The molecule has 0 fully saturated rings. The van der Waals surface area contributed by atoms with Gasteiger partial charge < -0.3 is 5.32 Å². The summed E-state index contributed by atoms with van der Waals surface area (Å²) in [6, 6.07) is 6.62. The molecule has 0 aliphatic heterocycles. The van der Waals surface area contributed by atoms with Crippen LogP contribution in [0.2, 0.25) is 0 Å². The fraction of sp³-hybridized carbons (Fsp3) is 0.429. The highest BCUT2D eigenvalue weighted by atomic mass is 79.9. The number of hydrogen-bond donors (Lipinski definition) is 1. The molecule has 0 saturated carbocycles. The number of rotatable bonds is 4. The predicted molar refractivity (Wildman–Crippen MR) is 80.1 cm³/mol. The number of aromatic nitrogens is 3. The maximum atomic E-state index is 4.09. The summed E-state index contributed by atoms with van der Waals surface area (Å²) in [7, 11) is 1.92. The summed E-state index contributed by atoms with van der Waals surface area (Å²) in [6.07, 6.45) is 0. The molecule has 0 saturated heterocycles. The van der Waals surface area contributed by atoms with Crippen LogP contribution in [-0.4, -0.2) is 21.5 Å². The van der Waals surface area contributed by atoms with Crippen LogP contribution in [-0.2, 0) is 7.05 Å². The van der Waals surface area contributed by atoms with Gasteiger partial charge in [-0.05, 0) is 47.4 Å². The minimum Gasteiger partial charge on any atom is -0.305 e. The lowest BCUT2D eigenvalue weighted by Crippen LogP contribution is -2.25. The van der Waals surface area contributed by atoms with E-state index in [1.165, 1.54) is 16.7 Å². The van der Waals surface area contributed by atoms with Crippen LogP contribution >= 0.6 is 15.9 Å². The van der Waals surface area contributed by atoms with Crippen molar-refractivity contribution in [3.63, 3.8) is 0 Å². The molecule has 2 aromatic rings. The Bertz CT molecular complexity index is 557. The average Bonchev–Trinajstić information content (AvgIpc) is 2.70. The Hall–Kier alpha value is -1.20. The normalized spacial score (nSPS) is 12.7. The van der Waals surface area contributed by atoms with Gasteiger partial charge >= 0.3 is 0 Å². The number of nitrogens with one attached hydrogen (secondary N) is 1. The molecule has 4 nitrogen and oxygen atoms in total. The van der Waals surface area contributed by atoms with Crippen molar-refractivity contribution >= 4 is 15.9 Å². The second kappa shape index (κ2) is 5.84. The van der Waals surface area contributed by atoms with Crippen molar-refractivity contribution in [2.45, 2.75) is 26.8 Å². The van der Waals surface area contributed by atoms with Crippen molar-refractivity contribution in [1.82, 2.24) is 20.3 Å². The van der Waals surface area contributed by atoms with E-state index in [0.717, 1.165) is 16.8 Å². The SMILES string of the molecule is CCNC(c1cc(C)ccc1C)c1c(Br)nnn1C. The van der Waals surface area contributed by atoms with Gasteiger partial charge in [0.25, 0.3) is 0 Å². The average molecular weight is 323 g/mol. The summed E-state index contributed by atoms with van der Waals surface area (Å²) in [5.74, 6) is 0. The molecule has 1 N–H and O–H groups in total. The number of benzene rings is 1. The first-order valence-electron chi connectivity index (χ1n) is 6.40. The molecule has 5 heteroatoms. The van der Waals surface area contributed by atoms with Gasteiger partial charge in [0.05, 0.1) is 11.7 Å². The Morgan fingerprint density at radius 2 is 2.11 bits per heavy atom. The molecule has 1 atom stereocenters. The van der Waals surface area contributed by atoms with Crippen LogP contribution < -0.4 is 5.32 Å². The highest BCUT2D eigenvalue weighted by molar-refractivity contribution is 9.10. The second-order valence-electron chi connectivity index (χ2n) is 4.74. The Labute approximate surface area is 122 Å². The Morgan fingerprint density at radius 3 is 2.68 bits per heavy atom. The molecule has 1 unspecified atom stereocenters. The summed E-state index contributed by atoms with van der Waals surface area (Å²) >= 11 is 3.49. The van der Waals surface area contributed by atoms with Gasteiger partial charge in [-0.1, -0.05) is 35.9 Å². The third kappa shape index (κ3) is 2.87. The highest BCUT2D eigenvalue weighted by Crippen LogP contribution is 2.29. The van der Waals surface area contributed by atoms with Crippen molar-refractivity contribution in [2.75, 3.05) is 6.54 Å². The van der Waals surface area contributed by atoms with Crippen molar-refractivity contribution < 1.29 is 0 Å². The van der Waals surface area contributed by atoms with Crippen molar-refractivity contribution in [3.8, 4) is 0 Å². The van der Waals surface area contributed by atoms with Crippen LogP contribution in [0.15, 0.2) is 22.8 Å². The summed E-state index contributed by atoms with van der Waals surface area (Å²) < 4.78 is 2.61. The lowest BCUT2D eigenvalue weighted by atomic mass is 9.97. The minimum absolute atomic E-state index is 0.0966. The second-order valence-corrected chi connectivity index (χ2v) is 5.49. The first kappa shape index (κ1) is 14.2. The van der Waals surface area contributed by atoms with E-state index in [-0.39, 0.29) is 6.04 Å². The minimum atomic E-state index is 0.0966. The van der Waals surface area contributed by atoms with Gasteiger partial charge in [-0.15, -0.1) is 5.10 Å². The van der Waals surface area contributed by atoms with Gasteiger partial charge in [0.15, 0.2) is 4.60 Å². The molecular weight excluding hydrogens is 304 g/mol. The molecule has 0 radical (unpaired) electrons. The monoisotopic (exact) mass is 322 g/mol. The molecule has 0 bridgehead atoms. The van der Waals surface area contributed by atoms with Gasteiger partial charge in [-0.3, -0.25) is 0 Å². The van der Waals surface area contributed by atoms with Gasteiger partial charge in [0, 0.05) is 7.05 Å².